The number of hydrogen-bond donors (Lipinski definition) is 1. The molecule has 0 bridgehead atoms. The third-order valence-corrected chi connectivity index (χ3v) is 9.17. The van der Waals surface area contributed by atoms with Crippen LogP contribution in [0.3, 0.4) is 0 Å². The van der Waals surface area contributed by atoms with E-state index in [2.05, 4.69) is 10.3 Å². The number of pyridine rings is 1. The number of nitrogens with zero attached hydrogens (tertiary/aromatic N) is 1. The molecule has 3 rings (SSSR count). The molecule has 204 valence electrons. The smallest absolute Gasteiger partial charge is 0.348 e. The van der Waals surface area contributed by atoms with E-state index >= 15 is 4.39 Å². The van der Waals surface area contributed by atoms with Gasteiger partial charge in [-0.05, 0) is 49.9 Å². The summed E-state index contributed by atoms with van der Waals surface area (Å²) in [6.07, 6.45) is -11.0. The van der Waals surface area contributed by atoms with E-state index in [1.807, 2.05) is 0 Å². The molecule has 16 heteroatoms. The van der Waals surface area contributed by atoms with E-state index < -0.39 is 88.4 Å². The van der Waals surface area contributed by atoms with Gasteiger partial charge in [0.2, 0.25) is 14.8 Å². The molecule has 0 aliphatic heterocycles. The van der Waals surface area contributed by atoms with Crippen LogP contribution in [0.2, 0.25) is 0 Å². The van der Waals surface area contributed by atoms with Gasteiger partial charge >= 0.3 is 12.4 Å². The van der Waals surface area contributed by atoms with Crippen molar-refractivity contribution in [2.75, 3.05) is 6.26 Å². The number of benzene rings is 1. The number of halogens is 7. The van der Waals surface area contributed by atoms with Crippen molar-refractivity contribution in [3.63, 3.8) is 0 Å². The van der Waals surface area contributed by atoms with Crippen LogP contribution < -0.4 is 5.32 Å². The van der Waals surface area contributed by atoms with Crippen molar-refractivity contribution in [2.24, 2.45) is 0 Å². The molecule has 0 saturated heterocycles. The van der Waals surface area contributed by atoms with Crippen LogP contribution in [-0.2, 0) is 32.0 Å². The van der Waals surface area contributed by atoms with E-state index in [0.29, 0.717) is 18.4 Å². The van der Waals surface area contributed by atoms with Gasteiger partial charge in [0.25, 0.3) is 5.91 Å². The minimum absolute atomic E-state index is 0.256. The van der Waals surface area contributed by atoms with Crippen molar-refractivity contribution in [1.29, 1.82) is 0 Å². The van der Waals surface area contributed by atoms with Crippen molar-refractivity contribution < 1.29 is 52.4 Å². The predicted molar refractivity (Wildman–Crippen MR) is 115 cm³/mol. The normalized spacial score (nSPS) is 21.5. The van der Waals surface area contributed by atoms with Gasteiger partial charge in [-0.15, -0.1) is 0 Å². The van der Waals surface area contributed by atoms with Crippen molar-refractivity contribution in [3.8, 4) is 0 Å². The highest BCUT2D eigenvalue weighted by molar-refractivity contribution is 7.92. The van der Waals surface area contributed by atoms with Crippen molar-refractivity contribution in [3.05, 3.63) is 53.3 Å². The summed E-state index contributed by atoms with van der Waals surface area (Å²) in [5.74, 6) is -1.17. The number of rotatable bonds is 5. The van der Waals surface area contributed by atoms with Gasteiger partial charge in [-0.3, -0.25) is 4.79 Å². The van der Waals surface area contributed by atoms with E-state index in [4.69, 9.17) is 0 Å². The van der Waals surface area contributed by atoms with Crippen LogP contribution in [0.1, 0.15) is 47.3 Å². The fraction of sp³-hybridized carbons (Fsp3) is 0.429. The van der Waals surface area contributed by atoms with Crippen LogP contribution in [0.5, 0.6) is 0 Å². The number of nitrogens with one attached hydrogen (secondary N) is 1. The van der Waals surface area contributed by atoms with Gasteiger partial charge in [-0.25, -0.2) is 26.2 Å². The minimum atomic E-state index is -4.93. The molecule has 1 aromatic heterocycles. The number of amides is 1. The second kappa shape index (κ2) is 9.53. The van der Waals surface area contributed by atoms with E-state index in [-0.39, 0.29) is 25.1 Å². The summed E-state index contributed by atoms with van der Waals surface area (Å²) in [6.45, 7) is 0. The SMILES string of the molecule is CS(=O)(=O)c1cc(C(F)(F)F)cnc1C(=O)N[C@H]1CC[C@](F)(S(=O)(=O)c2cccc(C(F)(F)F)c2)CC1. The molecule has 1 amide bonds. The summed E-state index contributed by atoms with van der Waals surface area (Å²) >= 11 is 0. The molecule has 37 heavy (non-hydrogen) atoms. The van der Waals surface area contributed by atoms with Crippen molar-refractivity contribution in [2.45, 2.75) is 58.9 Å². The van der Waals surface area contributed by atoms with Gasteiger partial charge in [-0.1, -0.05) is 6.07 Å². The van der Waals surface area contributed by atoms with Crippen LogP contribution in [-0.4, -0.2) is 45.0 Å². The maximum absolute atomic E-state index is 15.5. The Bertz CT molecular complexity index is 1410. The molecule has 0 unspecified atom stereocenters. The Hall–Kier alpha value is -2.75. The first kappa shape index (κ1) is 28.8. The Morgan fingerprint density at radius 2 is 1.54 bits per heavy atom. The molecule has 0 atom stereocenters. The average molecular weight is 577 g/mol. The molecule has 0 radical (unpaired) electrons. The summed E-state index contributed by atoms with van der Waals surface area (Å²) in [7, 11) is -9.20. The molecule has 2 aromatic rings. The molecular formula is C21H19F7N2O5S2. The molecule has 0 spiro atoms. The summed E-state index contributed by atoms with van der Waals surface area (Å²) in [5, 5.41) is -0.635. The zero-order chi connectivity index (χ0) is 28.0. The highest BCUT2D eigenvalue weighted by Gasteiger charge is 2.48. The second-order valence-corrected chi connectivity index (χ2v) is 12.7. The Balaban J connectivity index is 1.78. The average Bonchev–Trinajstić information content (AvgIpc) is 2.78. The van der Waals surface area contributed by atoms with Crippen molar-refractivity contribution in [1.82, 2.24) is 10.3 Å². The van der Waals surface area contributed by atoms with Gasteiger partial charge in [0, 0.05) is 18.5 Å². The highest BCUT2D eigenvalue weighted by Crippen LogP contribution is 2.41. The van der Waals surface area contributed by atoms with Gasteiger partial charge < -0.3 is 5.32 Å². The Kier molecular flexibility index (Phi) is 7.42. The third-order valence-electron chi connectivity index (χ3n) is 5.82. The molecule has 1 aromatic carbocycles. The first-order chi connectivity index (χ1) is 16.8. The lowest BCUT2D eigenvalue weighted by atomic mass is 9.93. The van der Waals surface area contributed by atoms with Gasteiger partial charge in [0.1, 0.15) is 5.69 Å². The maximum atomic E-state index is 15.5. The van der Waals surface area contributed by atoms with E-state index in [1.165, 1.54) is 0 Å². The molecule has 1 fully saturated rings. The van der Waals surface area contributed by atoms with E-state index in [9.17, 15) is 48.0 Å². The molecule has 1 aliphatic rings. The Morgan fingerprint density at radius 3 is 2.05 bits per heavy atom. The summed E-state index contributed by atoms with van der Waals surface area (Å²) < 4.78 is 143. The molecule has 7 nitrogen and oxygen atoms in total. The molecule has 1 heterocycles. The Morgan fingerprint density at radius 1 is 0.973 bits per heavy atom. The number of sulfone groups is 2. The molecule has 1 saturated carbocycles. The van der Waals surface area contributed by atoms with Gasteiger partial charge in [0.15, 0.2) is 9.84 Å². The minimum Gasteiger partial charge on any atom is -0.348 e. The van der Waals surface area contributed by atoms with Crippen LogP contribution in [0, 0.1) is 0 Å². The molecule has 1 N–H and O–H groups in total. The highest BCUT2D eigenvalue weighted by atomic mass is 32.2. The lowest BCUT2D eigenvalue weighted by Crippen LogP contribution is -2.45. The molecular weight excluding hydrogens is 557 g/mol. The number of aromatic nitrogens is 1. The van der Waals surface area contributed by atoms with Crippen LogP contribution in [0.25, 0.3) is 0 Å². The summed E-state index contributed by atoms with van der Waals surface area (Å²) in [5.41, 5.74) is -3.50. The van der Waals surface area contributed by atoms with E-state index in [1.54, 1.807) is 0 Å². The van der Waals surface area contributed by atoms with Gasteiger partial charge in [-0.2, -0.15) is 26.3 Å². The number of carbonyl (C=O) groups excluding carboxylic acids is 1. The zero-order valence-electron chi connectivity index (χ0n) is 18.8. The predicted octanol–water partition coefficient (Wildman–Crippen LogP) is 4.33. The topological polar surface area (TPSA) is 110 Å². The first-order valence-corrected chi connectivity index (χ1v) is 13.8. The summed E-state index contributed by atoms with van der Waals surface area (Å²) in [4.78, 5) is 14.1. The van der Waals surface area contributed by atoms with Crippen LogP contribution >= 0.6 is 0 Å². The van der Waals surface area contributed by atoms with Crippen LogP contribution in [0.4, 0.5) is 30.7 Å². The zero-order valence-corrected chi connectivity index (χ0v) is 20.5. The monoisotopic (exact) mass is 576 g/mol. The first-order valence-electron chi connectivity index (χ1n) is 10.4. The quantitative estimate of drug-likeness (QED) is 0.531. The lowest BCUT2D eigenvalue weighted by molar-refractivity contribution is -0.138. The number of alkyl halides is 7. The second-order valence-electron chi connectivity index (χ2n) is 8.50. The fourth-order valence-electron chi connectivity index (χ4n) is 3.82. The largest absolute Gasteiger partial charge is 0.417 e. The van der Waals surface area contributed by atoms with Crippen molar-refractivity contribution >= 4 is 25.6 Å². The van der Waals surface area contributed by atoms with E-state index in [0.717, 1.165) is 12.1 Å². The number of carbonyl (C=O) groups is 1. The number of hydrogen-bond acceptors (Lipinski definition) is 6. The third kappa shape index (κ3) is 6.05. The fourth-order valence-corrected chi connectivity index (χ4v) is 6.39. The van der Waals surface area contributed by atoms with Gasteiger partial charge in [0.05, 0.1) is 20.9 Å². The lowest BCUT2D eigenvalue weighted by Gasteiger charge is -2.34. The summed E-state index contributed by atoms with van der Waals surface area (Å²) in [6, 6.07) is 1.98. The maximum Gasteiger partial charge on any atom is 0.417 e. The van der Waals surface area contributed by atoms with Crippen LogP contribution in [0.15, 0.2) is 46.3 Å². The standard InChI is InChI=1S/C21H19F7N2O5S2/c1-36(32,33)16-10-13(21(26,27)28)11-29-17(16)18(31)30-14-5-7-19(22,8-6-14)37(34,35)15-4-2-3-12(9-15)20(23,24)25/h2-4,9-11,14H,5-8H2,1H3,(H,30,31)/t14-,19-. The molecule has 1 aliphatic carbocycles. The Labute approximate surface area is 206 Å².